The van der Waals surface area contributed by atoms with E-state index >= 15 is 0 Å². The molecule has 1 saturated heterocycles. The van der Waals surface area contributed by atoms with Crippen molar-refractivity contribution in [2.45, 2.75) is 45.6 Å². The number of carbonyl (C=O) groups is 1. The summed E-state index contributed by atoms with van der Waals surface area (Å²) in [6.07, 6.45) is 4.47. The van der Waals surface area contributed by atoms with E-state index < -0.39 is 5.97 Å². The van der Waals surface area contributed by atoms with Gasteiger partial charge >= 0.3 is 5.97 Å². The van der Waals surface area contributed by atoms with E-state index in [1.165, 1.54) is 12.8 Å². The molecule has 0 radical (unpaired) electrons. The molecule has 0 aromatic heterocycles. The predicted molar refractivity (Wildman–Crippen MR) is 63.3 cm³/mol. The normalized spacial score (nSPS) is 32.7. The van der Waals surface area contributed by atoms with Crippen molar-refractivity contribution < 1.29 is 9.90 Å². The first-order valence-corrected chi connectivity index (χ1v) is 6.56. The molecule has 1 aliphatic carbocycles. The molecule has 0 spiro atoms. The van der Waals surface area contributed by atoms with Gasteiger partial charge in [-0.1, -0.05) is 13.8 Å². The van der Waals surface area contributed by atoms with Crippen LogP contribution < -0.4 is 0 Å². The topological polar surface area (TPSA) is 40.5 Å². The van der Waals surface area contributed by atoms with Crippen LogP contribution in [-0.4, -0.2) is 35.1 Å². The summed E-state index contributed by atoms with van der Waals surface area (Å²) in [7, 11) is 0. The van der Waals surface area contributed by atoms with E-state index in [4.69, 9.17) is 5.11 Å². The van der Waals surface area contributed by atoms with Gasteiger partial charge in [0.05, 0.1) is 5.92 Å². The summed E-state index contributed by atoms with van der Waals surface area (Å²) in [4.78, 5) is 13.4. The van der Waals surface area contributed by atoms with E-state index in [-0.39, 0.29) is 5.92 Å². The van der Waals surface area contributed by atoms with Gasteiger partial charge in [-0.05, 0) is 50.6 Å². The van der Waals surface area contributed by atoms with Crippen LogP contribution in [0.5, 0.6) is 0 Å². The average Bonchev–Trinajstić information content (AvgIpc) is 2.15. The van der Waals surface area contributed by atoms with Crippen LogP contribution in [0.1, 0.15) is 39.5 Å². The third-order valence-electron chi connectivity index (χ3n) is 4.54. The maximum Gasteiger partial charge on any atom is 0.308 e. The fraction of sp³-hybridized carbons (Fsp3) is 0.923. The second kappa shape index (κ2) is 4.74. The molecular weight excluding hydrogens is 202 g/mol. The molecule has 0 bridgehead atoms. The fourth-order valence-electron chi connectivity index (χ4n) is 3.13. The van der Waals surface area contributed by atoms with Crippen LogP contribution in [0.15, 0.2) is 0 Å². The Balaban J connectivity index is 1.83. The van der Waals surface area contributed by atoms with Gasteiger partial charge in [-0.25, -0.2) is 0 Å². The Bertz CT molecular complexity index is 257. The minimum absolute atomic E-state index is 0.0874. The standard InChI is InChI=1S/C13H23NO2/c1-9(2)10-5-7-14(8-6-10)12-4-3-11(12)13(15)16/h9-12H,3-8H2,1-2H3,(H,15,16). The van der Waals surface area contributed by atoms with Gasteiger partial charge < -0.3 is 5.11 Å². The number of nitrogens with zero attached hydrogens (tertiary/aromatic N) is 1. The summed E-state index contributed by atoms with van der Waals surface area (Å²) < 4.78 is 0. The molecule has 1 heterocycles. The highest BCUT2D eigenvalue weighted by molar-refractivity contribution is 5.72. The van der Waals surface area contributed by atoms with Crippen LogP contribution in [0.3, 0.4) is 0 Å². The maximum atomic E-state index is 11.0. The number of carboxylic acids is 1. The van der Waals surface area contributed by atoms with Gasteiger partial charge in [-0.15, -0.1) is 0 Å². The van der Waals surface area contributed by atoms with Crippen molar-refractivity contribution in [1.82, 2.24) is 4.90 Å². The monoisotopic (exact) mass is 225 g/mol. The molecular formula is C13H23NO2. The van der Waals surface area contributed by atoms with Gasteiger partial charge in [0.15, 0.2) is 0 Å². The van der Waals surface area contributed by atoms with Crippen molar-refractivity contribution in [3.05, 3.63) is 0 Å². The number of carboxylic acid groups (broad SMARTS) is 1. The third-order valence-corrected chi connectivity index (χ3v) is 4.54. The first kappa shape index (κ1) is 11.9. The Morgan fingerprint density at radius 1 is 1.19 bits per heavy atom. The van der Waals surface area contributed by atoms with Crippen LogP contribution in [0.25, 0.3) is 0 Å². The molecule has 2 fully saturated rings. The summed E-state index contributed by atoms with van der Waals surface area (Å²) in [6, 6.07) is 0.339. The lowest BCUT2D eigenvalue weighted by Crippen LogP contribution is -2.52. The lowest BCUT2D eigenvalue weighted by Gasteiger charge is -2.45. The van der Waals surface area contributed by atoms with E-state index in [0.29, 0.717) is 6.04 Å². The maximum absolute atomic E-state index is 11.0. The highest BCUT2D eigenvalue weighted by atomic mass is 16.4. The SMILES string of the molecule is CC(C)C1CCN(C2CCC2C(=O)O)CC1. The summed E-state index contributed by atoms with van der Waals surface area (Å²) in [5.41, 5.74) is 0. The number of aliphatic carboxylic acids is 1. The van der Waals surface area contributed by atoms with E-state index in [9.17, 15) is 4.79 Å². The van der Waals surface area contributed by atoms with Crippen LogP contribution in [0, 0.1) is 17.8 Å². The molecule has 3 nitrogen and oxygen atoms in total. The first-order chi connectivity index (χ1) is 7.59. The zero-order chi connectivity index (χ0) is 11.7. The van der Waals surface area contributed by atoms with Crippen molar-refractivity contribution in [3.8, 4) is 0 Å². The van der Waals surface area contributed by atoms with E-state index in [1.54, 1.807) is 0 Å². The lowest BCUT2D eigenvalue weighted by atomic mass is 9.76. The Morgan fingerprint density at radius 3 is 2.19 bits per heavy atom. The van der Waals surface area contributed by atoms with E-state index in [0.717, 1.165) is 37.8 Å². The smallest absolute Gasteiger partial charge is 0.308 e. The molecule has 2 unspecified atom stereocenters. The van der Waals surface area contributed by atoms with Crippen molar-refractivity contribution in [2.75, 3.05) is 13.1 Å². The zero-order valence-corrected chi connectivity index (χ0v) is 10.4. The second-order valence-electron chi connectivity index (χ2n) is 5.71. The Labute approximate surface area is 97.8 Å². The van der Waals surface area contributed by atoms with Gasteiger partial charge in [0.2, 0.25) is 0 Å². The highest BCUT2D eigenvalue weighted by Gasteiger charge is 2.41. The summed E-state index contributed by atoms with van der Waals surface area (Å²) in [5, 5.41) is 9.05. The molecule has 2 aliphatic rings. The van der Waals surface area contributed by atoms with E-state index in [2.05, 4.69) is 18.7 Å². The molecule has 1 N–H and O–H groups in total. The molecule has 3 heteroatoms. The van der Waals surface area contributed by atoms with Crippen molar-refractivity contribution >= 4 is 5.97 Å². The van der Waals surface area contributed by atoms with Gasteiger partial charge in [0.1, 0.15) is 0 Å². The quantitative estimate of drug-likeness (QED) is 0.800. The van der Waals surface area contributed by atoms with Gasteiger partial charge in [-0.3, -0.25) is 9.69 Å². The number of hydrogen-bond donors (Lipinski definition) is 1. The number of piperidine rings is 1. The lowest BCUT2D eigenvalue weighted by molar-refractivity contribution is -0.149. The molecule has 1 aliphatic heterocycles. The largest absolute Gasteiger partial charge is 0.481 e. The van der Waals surface area contributed by atoms with Crippen LogP contribution in [-0.2, 0) is 4.79 Å². The Hall–Kier alpha value is -0.570. The zero-order valence-electron chi connectivity index (χ0n) is 10.4. The Kier molecular flexibility index (Phi) is 3.53. The molecule has 2 rings (SSSR count). The van der Waals surface area contributed by atoms with Crippen molar-refractivity contribution in [1.29, 1.82) is 0 Å². The first-order valence-electron chi connectivity index (χ1n) is 6.56. The molecule has 2 atom stereocenters. The molecule has 0 amide bonds. The summed E-state index contributed by atoms with van der Waals surface area (Å²) in [5.74, 6) is 0.941. The summed E-state index contributed by atoms with van der Waals surface area (Å²) >= 11 is 0. The number of likely N-dealkylation sites (tertiary alicyclic amines) is 1. The molecule has 0 aromatic rings. The third kappa shape index (κ3) is 2.24. The second-order valence-corrected chi connectivity index (χ2v) is 5.71. The van der Waals surface area contributed by atoms with Gasteiger partial charge in [0, 0.05) is 6.04 Å². The minimum Gasteiger partial charge on any atom is -0.481 e. The van der Waals surface area contributed by atoms with Crippen LogP contribution in [0.2, 0.25) is 0 Å². The molecule has 0 aromatic carbocycles. The highest BCUT2D eigenvalue weighted by Crippen LogP contribution is 2.35. The molecule has 1 saturated carbocycles. The van der Waals surface area contributed by atoms with Crippen molar-refractivity contribution in [3.63, 3.8) is 0 Å². The van der Waals surface area contributed by atoms with Gasteiger partial charge in [0.25, 0.3) is 0 Å². The Morgan fingerprint density at radius 2 is 1.81 bits per heavy atom. The average molecular weight is 225 g/mol. The molecule has 92 valence electrons. The predicted octanol–water partition coefficient (Wildman–Crippen LogP) is 2.22. The fourth-order valence-corrected chi connectivity index (χ4v) is 3.13. The van der Waals surface area contributed by atoms with E-state index in [1.807, 2.05) is 0 Å². The summed E-state index contributed by atoms with van der Waals surface area (Å²) in [6.45, 7) is 6.81. The van der Waals surface area contributed by atoms with Crippen molar-refractivity contribution in [2.24, 2.45) is 17.8 Å². The molecule has 16 heavy (non-hydrogen) atoms. The van der Waals surface area contributed by atoms with Crippen LogP contribution >= 0.6 is 0 Å². The number of hydrogen-bond acceptors (Lipinski definition) is 2. The number of rotatable bonds is 3. The van der Waals surface area contributed by atoms with Gasteiger partial charge in [-0.2, -0.15) is 0 Å². The van der Waals surface area contributed by atoms with Crippen LogP contribution in [0.4, 0.5) is 0 Å². The minimum atomic E-state index is -0.595.